The predicted octanol–water partition coefficient (Wildman–Crippen LogP) is 6.81. The monoisotopic (exact) mass is 587 g/mol. The molecule has 5 rings (SSSR count). The highest BCUT2D eigenvalue weighted by Crippen LogP contribution is 2.41. The number of rotatable bonds is 9. The molecular weight excluding hydrogens is 550 g/mol. The first-order chi connectivity index (χ1) is 20.4. The van der Waals surface area contributed by atoms with E-state index in [-0.39, 0.29) is 30.4 Å². The van der Waals surface area contributed by atoms with Crippen molar-refractivity contribution in [2.45, 2.75) is 53.0 Å². The number of para-hydroxylation sites is 1. The lowest BCUT2D eigenvalue weighted by Gasteiger charge is -2.27. The van der Waals surface area contributed by atoms with Crippen molar-refractivity contribution >= 4 is 51.3 Å². The van der Waals surface area contributed by atoms with Crippen LogP contribution in [0.2, 0.25) is 0 Å². The molecule has 2 aliphatic heterocycles. The molecule has 0 spiro atoms. The zero-order chi connectivity index (χ0) is 29.6. The molecule has 0 radical (unpaired) electrons. The van der Waals surface area contributed by atoms with Gasteiger partial charge in [0, 0.05) is 30.2 Å². The number of ether oxygens (including phenoxy) is 2. The summed E-state index contributed by atoms with van der Waals surface area (Å²) in [6.07, 6.45) is 7.91. The molecule has 3 aromatic rings. The van der Waals surface area contributed by atoms with Gasteiger partial charge in [0.15, 0.2) is 0 Å². The van der Waals surface area contributed by atoms with Crippen LogP contribution in [0.1, 0.15) is 51.2 Å². The first-order valence-electron chi connectivity index (χ1n) is 14.6. The Hall–Kier alpha value is -3.98. The molecular formula is C33H37N3O5S. The van der Waals surface area contributed by atoms with E-state index in [0.717, 1.165) is 60.1 Å². The topological polar surface area (TPSA) is 93.4 Å². The Labute approximate surface area is 250 Å². The van der Waals surface area contributed by atoms with Crippen molar-refractivity contribution in [3.05, 3.63) is 76.0 Å². The highest BCUT2D eigenvalue weighted by atomic mass is 32.2. The molecule has 2 aromatic carbocycles. The highest BCUT2D eigenvalue weighted by molar-refractivity contribution is 8.18. The van der Waals surface area contributed by atoms with Crippen molar-refractivity contribution in [3.8, 4) is 5.75 Å². The second kappa shape index (κ2) is 13.3. The fourth-order valence-electron chi connectivity index (χ4n) is 5.41. The number of aliphatic imine (C=N–C) groups is 1. The molecule has 1 N–H and O–H groups in total. The van der Waals surface area contributed by atoms with Gasteiger partial charge in [0.25, 0.3) is 0 Å². The van der Waals surface area contributed by atoms with E-state index in [1.807, 2.05) is 52.9 Å². The zero-order valence-corrected chi connectivity index (χ0v) is 25.2. The SMILES string of the molecule is CCOC(=O)C1=C(O)/C(=C/c2cn(CC(=O)N3CCCCC3)c3c(CC)cccc23)SC1=Nc1ccc(OCC)cc1. The number of hydrogen-bond acceptors (Lipinski definition) is 7. The molecule has 0 atom stereocenters. The summed E-state index contributed by atoms with van der Waals surface area (Å²) < 4.78 is 12.8. The summed E-state index contributed by atoms with van der Waals surface area (Å²) in [6.45, 7) is 8.35. The summed E-state index contributed by atoms with van der Waals surface area (Å²) in [5.74, 6) is 0.0503. The molecule has 0 bridgehead atoms. The average Bonchev–Trinajstić information content (AvgIpc) is 3.50. The van der Waals surface area contributed by atoms with E-state index in [1.54, 1.807) is 19.1 Å². The van der Waals surface area contributed by atoms with Crippen LogP contribution < -0.4 is 4.74 Å². The minimum absolute atomic E-state index is 0.0419. The number of carbonyl (C=O) groups is 2. The van der Waals surface area contributed by atoms with Gasteiger partial charge in [-0.2, -0.15) is 0 Å². The first-order valence-corrected chi connectivity index (χ1v) is 15.5. The lowest BCUT2D eigenvalue weighted by Crippen LogP contribution is -2.37. The Morgan fingerprint density at radius 2 is 1.79 bits per heavy atom. The van der Waals surface area contributed by atoms with Crippen LogP contribution >= 0.6 is 11.8 Å². The zero-order valence-electron chi connectivity index (χ0n) is 24.4. The number of hydrogen-bond donors (Lipinski definition) is 1. The van der Waals surface area contributed by atoms with Crippen LogP contribution in [0.25, 0.3) is 17.0 Å². The number of likely N-dealkylation sites (tertiary alicyclic amines) is 1. The smallest absolute Gasteiger partial charge is 0.344 e. The maximum atomic E-state index is 13.2. The predicted molar refractivity (Wildman–Crippen MR) is 168 cm³/mol. The average molecular weight is 588 g/mol. The summed E-state index contributed by atoms with van der Waals surface area (Å²) in [5.41, 5.74) is 3.67. The number of benzene rings is 2. The Kier molecular flexibility index (Phi) is 9.37. The van der Waals surface area contributed by atoms with Gasteiger partial charge >= 0.3 is 5.97 Å². The van der Waals surface area contributed by atoms with Crippen molar-refractivity contribution < 1.29 is 24.2 Å². The van der Waals surface area contributed by atoms with Crippen molar-refractivity contribution in [1.29, 1.82) is 0 Å². The fraction of sp³-hybridized carbons (Fsp3) is 0.364. The number of aromatic nitrogens is 1. The molecule has 0 saturated carbocycles. The Morgan fingerprint density at radius 3 is 2.48 bits per heavy atom. The van der Waals surface area contributed by atoms with Gasteiger partial charge in [0.1, 0.15) is 28.7 Å². The summed E-state index contributed by atoms with van der Waals surface area (Å²) in [6, 6.07) is 13.4. The molecule has 1 aromatic heterocycles. The number of fused-ring (bicyclic) bond motifs is 1. The van der Waals surface area contributed by atoms with Crippen LogP contribution in [-0.2, 0) is 27.3 Å². The lowest BCUT2D eigenvalue weighted by atomic mass is 10.1. The number of aliphatic hydroxyl groups is 1. The van der Waals surface area contributed by atoms with Crippen LogP contribution in [0.15, 0.2) is 69.9 Å². The van der Waals surface area contributed by atoms with Gasteiger partial charge < -0.3 is 24.0 Å². The number of carbonyl (C=O) groups excluding carboxylic acids is 2. The molecule has 42 heavy (non-hydrogen) atoms. The summed E-state index contributed by atoms with van der Waals surface area (Å²) in [4.78, 5) is 33.3. The lowest BCUT2D eigenvalue weighted by molar-refractivity contribution is -0.138. The van der Waals surface area contributed by atoms with Crippen LogP contribution in [0, 0.1) is 0 Å². The molecule has 0 aliphatic carbocycles. The summed E-state index contributed by atoms with van der Waals surface area (Å²) >= 11 is 1.22. The van der Waals surface area contributed by atoms with Gasteiger partial charge in [-0.1, -0.05) is 36.9 Å². The maximum Gasteiger partial charge on any atom is 0.344 e. The Balaban J connectivity index is 1.54. The van der Waals surface area contributed by atoms with Gasteiger partial charge in [0.2, 0.25) is 5.91 Å². The van der Waals surface area contributed by atoms with Crippen LogP contribution in [0.4, 0.5) is 5.69 Å². The van der Waals surface area contributed by atoms with E-state index in [0.29, 0.717) is 22.2 Å². The minimum atomic E-state index is -0.626. The van der Waals surface area contributed by atoms with Crippen LogP contribution in [-0.4, -0.2) is 57.8 Å². The second-order valence-electron chi connectivity index (χ2n) is 10.2. The second-order valence-corrected chi connectivity index (χ2v) is 11.2. The van der Waals surface area contributed by atoms with Gasteiger partial charge in [-0.3, -0.25) is 4.79 Å². The normalized spacial score (nSPS) is 17.5. The van der Waals surface area contributed by atoms with Gasteiger partial charge in [-0.05, 0) is 75.4 Å². The van der Waals surface area contributed by atoms with Crippen LogP contribution in [0.3, 0.4) is 0 Å². The van der Waals surface area contributed by atoms with Crippen molar-refractivity contribution in [1.82, 2.24) is 9.47 Å². The number of amides is 1. The number of piperidine rings is 1. The van der Waals surface area contributed by atoms with E-state index in [1.165, 1.54) is 18.2 Å². The van der Waals surface area contributed by atoms with E-state index in [4.69, 9.17) is 9.47 Å². The van der Waals surface area contributed by atoms with E-state index in [9.17, 15) is 14.7 Å². The number of aliphatic hydroxyl groups excluding tert-OH is 1. The molecule has 2 aliphatic rings. The van der Waals surface area contributed by atoms with Crippen molar-refractivity contribution in [2.24, 2.45) is 4.99 Å². The van der Waals surface area contributed by atoms with Gasteiger partial charge in [0.05, 0.1) is 29.3 Å². The Bertz CT molecular complexity index is 1560. The molecule has 8 nitrogen and oxygen atoms in total. The number of esters is 1. The van der Waals surface area contributed by atoms with E-state index >= 15 is 0 Å². The largest absolute Gasteiger partial charge is 0.506 e. The molecule has 1 fully saturated rings. The van der Waals surface area contributed by atoms with Crippen molar-refractivity contribution in [2.75, 3.05) is 26.3 Å². The minimum Gasteiger partial charge on any atom is -0.506 e. The quantitative estimate of drug-likeness (QED) is 0.277. The molecule has 0 unspecified atom stereocenters. The van der Waals surface area contributed by atoms with E-state index < -0.39 is 5.97 Å². The number of aryl methyl sites for hydroxylation is 1. The Morgan fingerprint density at radius 1 is 1.02 bits per heavy atom. The highest BCUT2D eigenvalue weighted by Gasteiger charge is 2.33. The fourth-order valence-corrected chi connectivity index (χ4v) is 6.44. The standard InChI is InChI=1S/C33H37N3O5S/c1-4-22-11-10-12-26-23(20-36(30(22)26)21-28(37)35-17-8-7-9-18-35)19-27-31(38)29(33(39)41-6-3)32(42-27)34-24-13-15-25(16-14-24)40-5-2/h10-16,19-20,38H,4-9,17-18,21H2,1-3H3/b27-19-,34-32?. The molecule has 1 saturated heterocycles. The summed E-state index contributed by atoms with van der Waals surface area (Å²) in [7, 11) is 0. The molecule has 3 heterocycles. The number of thioether (sulfide) groups is 1. The maximum absolute atomic E-state index is 13.2. The van der Waals surface area contributed by atoms with Gasteiger partial charge in [-0.15, -0.1) is 0 Å². The third-order valence-electron chi connectivity index (χ3n) is 7.44. The third kappa shape index (κ3) is 6.26. The first kappa shape index (κ1) is 29.5. The summed E-state index contributed by atoms with van der Waals surface area (Å²) in [5, 5.41) is 12.6. The molecule has 9 heteroatoms. The number of nitrogens with zero attached hydrogens (tertiary/aromatic N) is 3. The molecule has 1 amide bonds. The van der Waals surface area contributed by atoms with Crippen molar-refractivity contribution in [3.63, 3.8) is 0 Å². The molecule has 220 valence electrons. The van der Waals surface area contributed by atoms with Crippen LogP contribution in [0.5, 0.6) is 5.75 Å². The van der Waals surface area contributed by atoms with E-state index in [2.05, 4.69) is 18.0 Å². The third-order valence-corrected chi connectivity index (χ3v) is 8.46. The van der Waals surface area contributed by atoms with Gasteiger partial charge in [-0.25, -0.2) is 9.79 Å².